The molecule has 1 fully saturated rings. The molecule has 0 bridgehead atoms. The van der Waals surface area contributed by atoms with Crippen molar-refractivity contribution in [3.8, 4) is 6.01 Å². The third kappa shape index (κ3) is 3.71. The highest BCUT2D eigenvalue weighted by Crippen LogP contribution is 2.23. The maximum absolute atomic E-state index is 5.58. The second-order valence-electron chi connectivity index (χ2n) is 5.16. The van der Waals surface area contributed by atoms with E-state index in [0.29, 0.717) is 24.6 Å². The Morgan fingerprint density at radius 3 is 2.80 bits per heavy atom. The molecule has 6 nitrogen and oxygen atoms in total. The maximum atomic E-state index is 5.58. The number of nitrogens with one attached hydrogen (secondary N) is 1. The van der Waals surface area contributed by atoms with E-state index in [2.05, 4.69) is 39.0 Å². The van der Waals surface area contributed by atoms with Crippen molar-refractivity contribution < 1.29 is 4.74 Å². The molecule has 2 rings (SSSR count). The third-order valence-corrected chi connectivity index (χ3v) is 3.43. The highest BCUT2D eigenvalue weighted by atomic mass is 16.5. The quantitative estimate of drug-likeness (QED) is 0.863. The molecule has 112 valence electrons. The zero-order chi connectivity index (χ0) is 14.4. The van der Waals surface area contributed by atoms with Gasteiger partial charge in [0.1, 0.15) is 0 Å². The van der Waals surface area contributed by atoms with Crippen LogP contribution in [0.2, 0.25) is 0 Å². The molecule has 0 radical (unpaired) electrons. The molecule has 1 aromatic rings. The van der Waals surface area contributed by atoms with Gasteiger partial charge < -0.3 is 15.0 Å². The van der Waals surface area contributed by atoms with Crippen LogP contribution in [0.4, 0.5) is 11.9 Å². The Morgan fingerprint density at radius 2 is 2.10 bits per heavy atom. The number of nitrogens with zero attached hydrogens (tertiary/aromatic N) is 4. The van der Waals surface area contributed by atoms with Crippen molar-refractivity contribution in [2.24, 2.45) is 0 Å². The molecule has 20 heavy (non-hydrogen) atoms. The van der Waals surface area contributed by atoms with Crippen LogP contribution in [-0.2, 0) is 0 Å². The van der Waals surface area contributed by atoms with Gasteiger partial charge in [0.2, 0.25) is 11.9 Å². The number of ether oxygens (including phenoxy) is 1. The van der Waals surface area contributed by atoms with Crippen LogP contribution in [0.3, 0.4) is 0 Å². The Balaban J connectivity index is 2.22. The second-order valence-corrected chi connectivity index (χ2v) is 5.16. The highest BCUT2D eigenvalue weighted by molar-refractivity contribution is 5.39. The Kier molecular flexibility index (Phi) is 5.38. The topological polar surface area (TPSA) is 63.2 Å². The Bertz CT molecular complexity index is 426. The minimum Gasteiger partial charge on any atom is -0.463 e. The normalized spacial score (nSPS) is 18.9. The molecule has 1 aliphatic heterocycles. The lowest BCUT2D eigenvalue weighted by atomic mass is 10.0. The van der Waals surface area contributed by atoms with Gasteiger partial charge in [0.25, 0.3) is 0 Å². The summed E-state index contributed by atoms with van der Waals surface area (Å²) in [4.78, 5) is 15.5. The van der Waals surface area contributed by atoms with Gasteiger partial charge in [-0.15, -0.1) is 0 Å². The summed E-state index contributed by atoms with van der Waals surface area (Å²) >= 11 is 0. The predicted molar refractivity (Wildman–Crippen MR) is 80.4 cm³/mol. The van der Waals surface area contributed by atoms with Crippen molar-refractivity contribution >= 4 is 11.9 Å². The number of rotatable bonds is 6. The first-order valence-electron chi connectivity index (χ1n) is 7.64. The summed E-state index contributed by atoms with van der Waals surface area (Å²) in [6, 6.07) is 0.894. The molecule has 0 spiro atoms. The van der Waals surface area contributed by atoms with Gasteiger partial charge in [0.05, 0.1) is 6.61 Å². The molecule has 1 aromatic heterocycles. The molecule has 0 amide bonds. The average Bonchev–Trinajstić information content (AvgIpc) is 2.46. The standard InChI is InChI=1S/C14H25N5O/c1-4-10-20-14-17-12(15-5-2)16-13(18-14)19-9-7-6-8-11(19)3/h11H,4-10H2,1-3H3,(H,15,16,17,18). The number of aromatic nitrogens is 3. The Labute approximate surface area is 121 Å². The average molecular weight is 279 g/mol. The molecule has 1 N–H and O–H groups in total. The van der Waals surface area contributed by atoms with Crippen molar-refractivity contribution in [1.29, 1.82) is 0 Å². The van der Waals surface area contributed by atoms with Gasteiger partial charge in [-0.3, -0.25) is 0 Å². The zero-order valence-electron chi connectivity index (χ0n) is 12.7. The first kappa shape index (κ1) is 14.8. The van der Waals surface area contributed by atoms with Crippen LogP contribution in [0.15, 0.2) is 0 Å². The van der Waals surface area contributed by atoms with Crippen LogP contribution >= 0.6 is 0 Å². The lowest BCUT2D eigenvalue weighted by Crippen LogP contribution is -2.38. The fraction of sp³-hybridized carbons (Fsp3) is 0.786. The molecular weight excluding hydrogens is 254 g/mol. The van der Waals surface area contributed by atoms with Gasteiger partial charge in [-0.25, -0.2) is 0 Å². The van der Waals surface area contributed by atoms with Crippen LogP contribution in [0.1, 0.15) is 46.5 Å². The van der Waals surface area contributed by atoms with Gasteiger partial charge in [-0.05, 0) is 39.5 Å². The van der Waals surface area contributed by atoms with E-state index in [1.807, 2.05) is 6.92 Å². The van der Waals surface area contributed by atoms with Crippen molar-refractivity contribution in [1.82, 2.24) is 15.0 Å². The number of piperidine rings is 1. The summed E-state index contributed by atoms with van der Waals surface area (Å²) in [5.74, 6) is 1.33. The SMILES string of the molecule is CCCOc1nc(NCC)nc(N2CCCCC2C)n1. The van der Waals surface area contributed by atoms with Crippen LogP contribution < -0.4 is 15.0 Å². The summed E-state index contributed by atoms with van der Waals surface area (Å²) in [5.41, 5.74) is 0. The molecule has 1 aliphatic rings. The van der Waals surface area contributed by atoms with Crippen molar-refractivity contribution in [2.45, 2.75) is 52.5 Å². The van der Waals surface area contributed by atoms with Crippen LogP contribution in [0.5, 0.6) is 6.01 Å². The van der Waals surface area contributed by atoms with Gasteiger partial charge in [0, 0.05) is 19.1 Å². The fourth-order valence-corrected chi connectivity index (χ4v) is 2.36. The van der Waals surface area contributed by atoms with Crippen LogP contribution in [-0.4, -0.2) is 40.7 Å². The molecule has 1 saturated heterocycles. The molecule has 1 atom stereocenters. The Hall–Kier alpha value is -1.59. The Morgan fingerprint density at radius 1 is 1.25 bits per heavy atom. The summed E-state index contributed by atoms with van der Waals surface area (Å²) in [6.45, 7) is 8.74. The van der Waals surface area contributed by atoms with Crippen molar-refractivity contribution in [3.05, 3.63) is 0 Å². The minimum absolute atomic E-state index is 0.422. The molecule has 0 saturated carbocycles. The smallest absolute Gasteiger partial charge is 0.323 e. The lowest BCUT2D eigenvalue weighted by Gasteiger charge is -2.33. The monoisotopic (exact) mass is 279 g/mol. The van der Waals surface area contributed by atoms with Gasteiger partial charge in [0.15, 0.2) is 0 Å². The van der Waals surface area contributed by atoms with Crippen LogP contribution in [0.25, 0.3) is 0 Å². The lowest BCUT2D eigenvalue weighted by molar-refractivity contribution is 0.291. The van der Waals surface area contributed by atoms with E-state index in [1.165, 1.54) is 19.3 Å². The zero-order valence-corrected chi connectivity index (χ0v) is 12.7. The maximum Gasteiger partial charge on any atom is 0.323 e. The van der Waals surface area contributed by atoms with E-state index in [-0.39, 0.29) is 0 Å². The largest absolute Gasteiger partial charge is 0.463 e. The minimum atomic E-state index is 0.422. The first-order valence-corrected chi connectivity index (χ1v) is 7.64. The molecular formula is C14H25N5O. The molecule has 2 heterocycles. The molecule has 6 heteroatoms. The van der Waals surface area contributed by atoms with Crippen molar-refractivity contribution in [3.63, 3.8) is 0 Å². The highest BCUT2D eigenvalue weighted by Gasteiger charge is 2.22. The molecule has 1 unspecified atom stereocenters. The van der Waals surface area contributed by atoms with E-state index in [1.54, 1.807) is 0 Å². The second kappa shape index (κ2) is 7.26. The molecule has 0 aromatic carbocycles. The number of hydrogen-bond acceptors (Lipinski definition) is 6. The summed E-state index contributed by atoms with van der Waals surface area (Å²) < 4.78 is 5.58. The fourth-order valence-electron chi connectivity index (χ4n) is 2.36. The summed E-state index contributed by atoms with van der Waals surface area (Å²) in [5, 5.41) is 3.15. The first-order chi connectivity index (χ1) is 9.74. The molecule has 0 aliphatic carbocycles. The predicted octanol–water partition coefficient (Wildman–Crippen LogP) is 2.47. The van der Waals surface area contributed by atoms with Gasteiger partial charge in [-0.2, -0.15) is 15.0 Å². The number of hydrogen-bond donors (Lipinski definition) is 1. The third-order valence-electron chi connectivity index (χ3n) is 3.43. The summed E-state index contributed by atoms with van der Waals surface area (Å²) in [7, 11) is 0. The van der Waals surface area contributed by atoms with Crippen molar-refractivity contribution in [2.75, 3.05) is 29.9 Å². The van der Waals surface area contributed by atoms with E-state index in [4.69, 9.17) is 4.74 Å². The van der Waals surface area contributed by atoms with E-state index >= 15 is 0 Å². The van der Waals surface area contributed by atoms with Crippen LogP contribution in [0, 0.1) is 0 Å². The van der Waals surface area contributed by atoms with E-state index in [9.17, 15) is 0 Å². The van der Waals surface area contributed by atoms with Gasteiger partial charge >= 0.3 is 6.01 Å². The van der Waals surface area contributed by atoms with E-state index in [0.717, 1.165) is 25.5 Å². The summed E-state index contributed by atoms with van der Waals surface area (Å²) in [6.07, 6.45) is 4.60. The number of anilines is 2. The van der Waals surface area contributed by atoms with E-state index < -0.39 is 0 Å². The van der Waals surface area contributed by atoms with Gasteiger partial charge in [-0.1, -0.05) is 6.92 Å².